The molecule has 3 nitrogen and oxygen atoms in total. The maximum atomic E-state index is 11.0. The van der Waals surface area contributed by atoms with E-state index in [0.717, 1.165) is 28.2 Å². The predicted octanol–water partition coefficient (Wildman–Crippen LogP) is 6.95. The molecule has 2 atom stereocenters. The number of hydrogen-bond acceptors (Lipinski definition) is 3. The van der Waals surface area contributed by atoms with Crippen LogP contribution in [0.5, 0.6) is 0 Å². The van der Waals surface area contributed by atoms with Crippen LogP contribution >= 0.6 is 0 Å². The second-order valence-corrected chi connectivity index (χ2v) is 8.45. The minimum Gasteiger partial charge on any atom is -0.388 e. The van der Waals surface area contributed by atoms with Crippen LogP contribution in [0.3, 0.4) is 0 Å². The maximum Gasteiger partial charge on any atom is 0.0813 e. The number of anilines is 1. The Hall–Kier alpha value is -3.43. The third-order valence-corrected chi connectivity index (χ3v) is 5.84. The lowest BCUT2D eigenvalue weighted by atomic mass is 9.97. The first-order valence-corrected chi connectivity index (χ1v) is 11.1. The molecule has 0 amide bonds. The highest BCUT2D eigenvalue weighted by Crippen LogP contribution is 2.33. The van der Waals surface area contributed by atoms with Gasteiger partial charge in [-0.3, -0.25) is 4.98 Å². The van der Waals surface area contributed by atoms with Gasteiger partial charge in [0.15, 0.2) is 0 Å². The van der Waals surface area contributed by atoms with Gasteiger partial charge in [0.2, 0.25) is 0 Å². The summed E-state index contributed by atoms with van der Waals surface area (Å²) in [5, 5.41) is 14.7. The van der Waals surface area contributed by atoms with Crippen LogP contribution in [0.25, 0.3) is 11.3 Å². The van der Waals surface area contributed by atoms with Gasteiger partial charge in [-0.25, -0.2) is 0 Å². The van der Waals surface area contributed by atoms with E-state index in [1.165, 1.54) is 16.7 Å². The molecule has 1 heterocycles. The number of aliphatic hydroxyl groups excluding tert-OH is 1. The van der Waals surface area contributed by atoms with Crippen molar-refractivity contribution in [2.24, 2.45) is 0 Å². The molecule has 0 radical (unpaired) electrons. The van der Waals surface area contributed by atoms with Gasteiger partial charge in [0, 0.05) is 17.7 Å². The second-order valence-electron chi connectivity index (χ2n) is 8.45. The van der Waals surface area contributed by atoms with Crippen molar-refractivity contribution in [3.05, 3.63) is 119 Å². The van der Waals surface area contributed by atoms with Crippen LogP contribution in [-0.2, 0) is 0 Å². The van der Waals surface area contributed by atoms with Crippen LogP contribution in [0, 0.1) is 20.8 Å². The number of hydrogen-bond donors (Lipinski definition) is 2. The third-order valence-electron chi connectivity index (χ3n) is 5.84. The second kappa shape index (κ2) is 9.80. The molecule has 0 saturated carbocycles. The van der Waals surface area contributed by atoms with E-state index in [1.807, 2.05) is 66.7 Å². The number of aromatic nitrogens is 1. The fraction of sp³-hybridized carbons (Fsp3) is 0.207. The van der Waals surface area contributed by atoms with Gasteiger partial charge in [0.05, 0.1) is 23.5 Å². The zero-order valence-electron chi connectivity index (χ0n) is 18.9. The first-order chi connectivity index (χ1) is 15.5. The van der Waals surface area contributed by atoms with Crippen LogP contribution in [0.2, 0.25) is 0 Å². The van der Waals surface area contributed by atoms with E-state index in [9.17, 15) is 5.11 Å². The Morgan fingerprint density at radius 2 is 1.41 bits per heavy atom. The Bertz CT molecular complexity index is 1150. The van der Waals surface area contributed by atoms with E-state index in [4.69, 9.17) is 4.98 Å². The molecule has 0 aliphatic heterocycles. The molecule has 32 heavy (non-hydrogen) atoms. The third kappa shape index (κ3) is 5.06. The van der Waals surface area contributed by atoms with E-state index >= 15 is 0 Å². The fourth-order valence-corrected chi connectivity index (χ4v) is 4.29. The van der Waals surface area contributed by atoms with E-state index < -0.39 is 6.10 Å². The zero-order chi connectivity index (χ0) is 22.5. The number of benzene rings is 3. The Balaban J connectivity index is 1.71. The highest BCUT2D eigenvalue weighted by molar-refractivity contribution is 5.61. The van der Waals surface area contributed by atoms with Crippen LogP contribution in [0.1, 0.15) is 46.5 Å². The minimum atomic E-state index is -0.595. The summed E-state index contributed by atoms with van der Waals surface area (Å²) in [7, 11) is 0. The van der Waals surface area contributed by atoms with E-state index in [1.54, 1.807) is 0 Å². The Kier molecular flexibility index (Phi) is 6.67. The highest BCUT2D eigenvalue weighted by Gasteiger charge is 2.21. The maximum absolute atomic E-state index is 11.0. The van der Waals surface area contributed by atoms with Crippen LogP contribution in [0.4, 0.5) is 5.69 Å². The van der Waals surface area contributed by atoms with Crippen molar-refractivity contribution < 1.29 is 5.11 Å². The summed E-state index contributed by atoms with van der Waals surface area (Å²) in [6.45, 7) is 6.37. The van der Waals surface area contributed by atoms with Gasteiger partial charge in [-0.2, -0.15) is 0 Å². The predicted molar refractivity (Wildman–Crippen MR) is 133 cm³/mol. The van der Waals surface area contributed by atoms with Gasteiger partial charge in [-0.05, 0) is 49.6 Å². The molecule has 0 bridgehead atoms. The fourth-order valence-electron chi connectivity index (χ4n) is 4.29. The molecule has 0 spiro atoms. The van der Waals surface area contributed by atoms with Crippen molar-refractivity contribution in [2.45, 2.75) is 39.3 Å². The number of aliphatic hydroxyl groups is 1. The molecular weight excluding hydrogens is 392 g/mol. The number of aryl methyl sites for hydroxylation is 3. The lowest BCUT2D eigenvalue weighted by molar-refractivity contribution is 0.160. The summed E-state index contributed by atoms with van der Waals surface area (Å²) >= 11 is 0. The molecule has 2 unspecified atom stereocenters. The minimum absolute atomic E-state index is 0.144. The molecular formula is C29H30N2O. The first kappa shape index (κ1) is 21.8. The quantitative estimate of drug-likeness (QED) is 0.339. The van der Waals surface area contributed by atoms with Gasteiger partial charge >= 0.3 is 0 Å². The molecule has 1 aromatic heterocycles. The van der Waals surface area contributed by atoms with Crippen molar-refractivity contribution in [1.29, 1.82) is 0 Å². The summed E-state index contributed by atoms with van der Waals surface area (Å²) in [4.78, 5) is 4.99. The van der Waals surface area contributed by atoms with E-state index in [-0.39, 0.29) is 6.04 Å². The standard InChI is InChI=1S/C29H30N2O/c1-20-17-21(2)29(22(3)18-20)31-27(19-28(32)24-13-8-5-9-14-24)26-16-10-15-25(30-26)23-11-6-4-7-12-23/h4-18,27-28,31-32H,19H2,1-3H3. The molecule has 0 aliphatic rings. The molecule has 4 aromatic rings. The largest absolute Gasteiger partial charge is 0.388 e. The monoisotopic (exact) mass is 422 g/mol. The summed E-state index contributed by atoms with van der Waals surface area (Å²) < 4.78 is 0. The first-order valence-electron chi connectivity index (χ1n) is 11.1. The van der Waals surface area contributed by atoms with Gasteiger partial charge in [-0.1, -0.05) is 84.4 Å². The normalized spacial score (nSPS) is 12.9. The number of nitrogens with one attached hydrogen (secondary N) is 1. The van der Waals surface area contributed by atoms with Gasteiger partial charge < -0.3 is 10.4 Å². The Morgan fingerprint density at radius 1 is 0.781 bits per heavy atom. The Morgan fingerprint density at radius 3 is 2.06 bits per heavy atom. The smallest absolute Gasteiger partial charge is 0.0813 e. The molecule has 3 heteroatoms. The van der Waals surface area contributed by atoms with Crippen molar-refractivity contribution in [2.75, 3.05) is 5.32 Å². The molecule has 2 N–H and O–H groups in total. The van der Waals surface area contributed by atoms with Gasteiger partial charge in [-0.15, -0.1) is 0 Å². The van der Waals surface area contributed by atoms with Crippen molar-refractivity contribution in [3.63, 3.8) is 0 Å². The molecule has 3 aromatic carbocycles. The van der Waals surface area contributed by atoms with Crippen LogP contribution in [-0.4, -0.2) is 10.1 Å². The number of rotatable bonds is 7. The van der Waals surface area contributed by atoms with E-state index in [2.05, 4.69) is 50.4 Å². The van der Waals surface area contributed by atoms with Crippen molar-refractivity contribution in [1.82, 2.24) is 4.98 Å². The SMILES string of the molecule is Cc1cc(C)c(NC(CC(O)c2ccccc2)c2cccc(-c3ccccc3)n2)c(C)c1. The van der Waals surface area contributed by atoms with E-state index in [0.29, 0.717) is 6.42 Å². The van der Waals surface area contributed by atoms with Crippen molar-refractivity contribution >= 4 is 5.69 Å². The van der Waals surface area contributed by atoms with Crippen molar-refractivity contribution in [3.8, 4) is 11.3 Å². The van der Waals surface area contributed by atoms with Gasteiger partial charge in [0.1, 0.15) is 0 Å². The highest BCUT2D eigenvalue weighted by atomic mass is 16.3. The van der Waals surface area contributed by atoms with Crippen LogP contribution < -0.4 is 5.32 Å². The summed E-state index contributed by atoms with van der Waals surface area (Å²) in [6.07, 6.45) is -0.0795. The summed E-state index contributed by atoms with van der Waals surface area (Å²) in [6, 6.07) is 30.4. The molecule has 0 saturated heterocycles. The lowest BCUT2D eigenvalue weighted by Crippen LogP contribution is -2.17. The lowest BCUT2D eigenvalue weighted by Gasteiger charge is -2.25. The average Bonchev–Trinajstić information content (AvgIpc) is 2.81. The summed E-state index contributed by atoms with van der Waals surface area (Å²) in [5.41, 5.74) is 8.59. The molecule has 0 fully saturated rings. The van der Waals surface area contributed by atoms with Crippen LogP contribution in [0.15, 0.2) is 91.0 Å². The number of nitrogens with zero attached hydrogens (tertiary/aromatic N) is 1. The molecule has 162 valence electrons. The topological polar surface area (TPSA) is 45.1 Å². The zero-order valence-corrected chi connectivity index (χ0v) is 18.9. The van der Waals surface area contributed by atoms with Gasteiger partial charge in [0.25, 0.3) is 0 Å². The molecule has 0 aliphatic carbocycles. The average molecular weight is 423 g/mol. The summed E-state index contributed by atoms with van der Waals surface area (Å²) in [5.74, 6) is 0. The molecule has 4 rings (SSSR count). The number of pyridine rings is 1. The Labute approximate surface area is 190 Å².